The predicted molar refractivity (Wildman–Crippen MR) is 105 cm³/mol. The number of halogens is 1. The molecule has 0 amide bonds. The Kier molecular flexibility index (Phi) is 5.93. The van der Waals surface area contributed by atoms with Crippen molar-refractivity contribution in [3.63, 3.8) is 0 Å². The second-order valence-corrected chi connectivity index (χ2v) is 7.88. The molecule has 4 nitrogen and oxygen atoms in total. The minimum absolute atomic E-state index is 0.0999. The Morgan fingerprint density at radius 3 is 2.68 bits per heavy atom. The number of ether oxygens (including phenoxy) is 1. The molecule has 0 aliphatic heterocycles. The number of thioether (sulfide) groups is 1. The van der Waals surface area contributed by atoms with Crippen molar-refractivity contribution in [2.45, 2.75) is 23.9 Å². The van der Waals surface area contributed by atoms with Crippen LogP contribution in [0.3, 0.4) is 0 Å². The van der Waals surface area contributed by atoms with Crippen LogP contribution in [0.5, 0.6) is 0 Å². The molecule has 0 aliphatic rings. The van der Waals surface area contributed by atoms with Crippen molar-refractivity contribution >= 4 is 44.5 Å². The van der Waals surface area contributed by atoms with Crippen molar-refractivity contribution in [2.75, 3.05) is 13.7 Å². The van der Waals surface area contributed by atoms with Crippen LogP contribution < -0.4 is 0 Å². The highest BCUT2D eigenvalue weighted by atomic mass is 79.9. The SMILES string of the molecule is COCCn1c(S[C@H](C)C(=O)c2ccc(Br)cc2)nc2ccccc21. The molecule has 0 aliphatic carbocycles. The highest BCUT2D eigenvalue weighted by Crippen LogP contribution is 2.29. The maximum absolute atomic E-state index is 12.7. The lowest BCUT2D eigenvalue weighted by molar-refractivity contribution is 0.0994. The third-order valence-electron chi connectivity index (χ3n) is 3.92. The molecule has 0 unspecified atom stereocenters. The first-order chi connectivity index (χ1) is 12.1. The maximum Gasteiger partial charge on any atom is 0.175 e. The van der Waals surface area contributed by atoms with Crippen LogP contribution in [0.15, 0.2) is 58.2 Å². The van der Waals surface area contributed by atoms with E-state index in [4.69, 9.17) is 9.72 Å². The van der Waals surface area contributed by atoms with Crippen LogP contribution in [0, 0.1) is 0 Å². The van der Waals surface area contributed by atoms with Gasteiger partial charge < -0.3 is 9.30 Å². The monoisotopic (exact) mass is 418 g/mol. The van der Waals surface area contributed by atoms with E-state index in [0.29, 0.717) is 18.7 Å². The van der Waals surface area contributed by atoms with Gasteiger partial charge in [0.1, 0.15) is 0 Å². The molecular weight excluding hydrogens is 400 g/mol. The van der Waals surface area contributed by atoms with Crippen molar-refractivity contribution < 1.29 is 9.53 Å². The summed E-state index contributed by atoms with van der Waals surface area (Å²) in [5, 5.41) is 0.621. The fraction of sp³-hybridized carbons (Fsp3) is 0.263. The summed E-state index contributed by atoms with van der Waals surface area (Å²) in [4.78, 5) is 17.4. The minimum Gasteiger partial charge on any atom is -0.383 e. The highest BCUT2D eigenvalue weighted by Gasteiger charge is 2.20. The normalized spacial score (nSPS) is 12.4. The molecule has 3 aromatic rings. The van der Waals surface area contributed by atoms with E-state index >= 15 is 0 Å². The number of benzene rings is 2. The first-order valence-corrected chi connectivity index (χ1v) is 9.68. The van der Waals surface area contributed by atoms with Crippen LogP contribution in [-0.4, -0.2) is 34.3 Å². The van der Waals surface area contributed by atoms with E-state index in [9.17, 15) is 4.79 Å². The van der Waals surface area contributed by atoms with E-state index in [-0.39, 0.29) is 11.0 Å². The van der Waals surface area contributed by atoms with Crippen LogP contribution in [0.2, 0.25) is 0 Å². The topological polar surface area (TPSA) is 44.1 Å². The zero-order chi connectivity index (χ0) is 17.8. The average Bonchev–Trinajstić information content (AvgIpc) is 2.97. The first kappa shape index (κ1) is 18.2. The quantitative estimate of drug-likeness (QED) is 0.407. The van der Waals surface area contributed by atoms with Gasteiger partial charge in [0.2, 0.25) is 0 Å². The number of fused-ring (bicyclic) bond motifs is 1. The molecule has 1 heterocycles. The number of rotatable bonds is 7. The van der Waals surface area contributed by atoms with Crippen molar-refractivity contribution in [1.82, 2.24) is 9.55 Å². The number of methoxy groups -OCH3 is 1. The molecular formula is C19H19BrN2O2S. The van der Waals surface area contributed by atoms with Crippen LogP contribution in [-0.2, 0) is 11.3 Å². The van der Waals surface area contributed by atoms with Gasteiger partial charge >= 0.3 is 0 Å². The number of hydrogen-bond donors (Lipinski definition) is 0. The first-order valence-electron chi connectivity index (χ1n) is 8.01. The minimum atomic E-state index is -0.223. The Balaban J connectivity index is 1.86. The number of ketones is 1. The molecule has 0 saturated carbocycles. The van der Waals surface area contributed by atoms with Crippen molar-refractivity contribution in [3.8, 4) is 0 Å². The third kappa shape index (κ3) is 4.14. The van der Waals surface area contributed by atoms with Crippen LogP contribution in [0.25, 0.3) is 11.0 Å². The van der Waals surface area contributed by atoms with E-state index < -0.39 is 0 Å². The van der Waals surface area contributed by atoms with Crippen LogP contribution in [0.4, 0.5) is 0 Å². The molecule has 0 fully saturated rings. The van der Waals surface area contributed by atoms with E-state index in [1.165, 1.54) is 11.8 Å². The van der Waals surface area contributed by atoms with Gasteiger partial charge in [-0.15, -0.1) is 0 Å². The third-order valence-corrected chi connectivity index (χ3v) is 5.54. The number of carbonyl (C=O) groups excluding carboxylic acids is 1. The van der Waals surface area contributed by atoms with Gasteiger partial charge in [-0.05, 0) is 31.2 Å². The summed E-state index contributed by atoms with van der Waals surface area (Å²) in [7, 11) is 1.69. The zero-order valence-electron chi connectivity index (χ0n) is 14.1. The second-order valence-electron chi connectivity index (χ2n) is 5.66. The van der Waals surface area contributed by atoms with Crippen molar-refractivity contribution in [3.05, 3.63) is 58.6 Å². The van der Waals surface area contributed by atoms with E-state index in [1.807, 2.05) is 55.5 Å². The van der Waals surface area contributed by atoms with Crippen LogP contribution >= 0.6 is 27.7 Å². The van der Waals surface area contributed by atoms with Gasteiger partial charge in [0.15, 0.2) is 10.9 Å². The van der Waals surface area contributed by atoms with Gasteiger partial charge in [-0.3, -0.25) is 4.79 Å². The molecule has 0 bridgehead atoms. The largest absolute Gasteiger partial charge is 0.383 e. The Labute approximate surface area is 159 Å². The number of imidazole rings is 1. The molecule has 0 saturated heterocycles. The molecule has 6 heteroatoms. The number of para-hydroxylation sites is 2. The molecule has 0 radical (unpaired) electrons. The van der Waals surface area contributed by atoms with E-state index in [0.717, 1.165) is 20.7 Å². The van der Waals surface area contributed by atoms with Crippen molar-refractivity contribution in [2.24, 2.45) is 0 Å². The summed E-state index contributed by atoms with van der Waals surface area (Å²) in [6, 6.07) is 15.5. The second kappa shape index (κ2) is 8.17. The van der Waals surface area contributed by atoms with E-state index in [2.05, 4.69) is 20.5 Å². The summed E-state index contributed by atoms with van der Waals surface area (Å²) in [5.41, 5.74) is 2.71. The molecule has 3 rings (SSSR count). The molecule has 0 spiro atoms. The van der Waals surface area contributed by atoms with Crippen molar-refractivity contribution in [1.29, 1.82) is 0 Å². The highest BCUT2D eigenvalue weighted by molar-refractivity contribution is 9.10. The van der Waals surface area contributed by atoms with E-state index in [1.54, 1.807) is 7.11 Å². The Morgan fingerprint density at radius 1 is 1.24 bits per heavy atom. The fourth-order valence-electron chi connectivity index (χ4n) is 2.60. The molecule has 25 heavy (non-hydrogen) atoms. The lowest BCUT2D eigenvalue weighted by Crippen LogP contribution is -2.15. The Morgan fingerprint density at radius 2 is 1.96 bits per heavy atom. The Hall–Kier alpha value is -1.63. The number of hydrogen-bond acceptors (Lipinski definition) is 4. The summed E-state index contributed by atoms with van der Waals surface area (Å²) >= 11 is 4.89. The van der Waals surface area contributed by atoms with Gasteiger partial charge in [-0.25, -0.2) is 4.98 Å². The number of carbonyl (C=O) groups is 1. The number of Topliss-reactive ketones (excluding diaryl/α,β-unsaturated/α-hetero) is 1. The maximum atomic E-state index is 12.7. The summed E-state index contributed by atoms with van der Waals surface area (Å²) < 4.78 is 8.31. The van der Waals surface area contributed by atoms with Gasteiger partial charge in [-0.2, -0.15) is 0 Å². The average molecular weight is 419 g/mol. The molecule has 1 atom stereocenters. The lowest BCUT2D eigenvalue weighted by atomic mass is 10.1. The van der Waals surface area contributed by atoms with Gasteiger partial charge in [0.25, 0.3) is 0 Å². The predicted octanol–water partition coefficient (Wildman–Crippen LogP) is 4.81. The molecule has 130 valence electrons. The molecule has 1 aromatic heterocycles. The number of aromatic nitrogens is 2. The molecule has 0 N–H and O–H groups in total. The Bertz CT molecular complexity index is 877. The summed E-state index contributed by atoms with van der Waals surface area (Å²) in [5.74, 6) is 0.0999. The summed E-state index contributed by atoms with van der Waals surface area (Å²) in [6.07, 6.45) is 0. The fourth-order valence-corrected chi connectivity index (χ4v) is 3.89. The summed E-state index contributed by atoms with van der Waals surface area (Å²) in [6.45, 7) is 3.23. The zero-order valence-corrected chi connectivity index (χ0v) is 16.5. The van der Waals surface area contributed by atoms with Gasteiger partial charge in [-0.1, -0.05) is 52.0 Å². The standard InChI is InChI=1S/C19H19BrN2O2S/c1-13(18(23)14-7-9-15(20)10-8-14)25-19-21-16-5-3-4-6-17(16)22(19)11-12-24-2/h3-10,13H,11-12H2,1-2H3/t13-/m1/s1. The van der Waals surface area contributed by atoms with Crippen LogP contribution in [0.1, 0.15) is 17.3 Å². The van der Waals surface area contributed by atoms with Gasteiger partial charge in [0.05, 0.1) is 22.9 Å². The lowest BCUT2D eigenvalue weighted by Gasteiger charge is -2.12. The smallest absolute Gasteiger partial charge is 0.175 e. The van der Waals surface area contributed by atoms with Gasteiger partial charge in [0, 0.05) is 23.7 Å². The molecule has 2 aromatic carbocycles. The number of nitrogens with zero attached hydrogens (tertiary/aromatic N) is 2.